The summed E-state index contributed by atoms with van der Waals surface area (Å²) in [7, 11) is 0. The van der Waals surface area contributed by atoms with Crippen LogP contribution in [0.3, 0.4) is 0 Å². The highest BCUT2D eigenvalue weighted by Crippen LogP contribution is 2.47. The molecular weight excluding hydrogens is 749 g/mol. The number of fused-ring (bicyclic) bond motifs is 7. The minimum atomic E-state index is 0.556. The van der Waals surface area contributed by atoms with Gasteiger partial charge < -0.3 is 23.2 Å². The molecule has 0 atom stereocenters. The molecule has 0 aliphatic heterocycles. The fraction of sp³-hybridized carbons (Fsp3) is 0. The molecule has 61 heavy (non-hydrogen) atoms. The Morgan fingerprint density at radius 1 is 0.377 bits per heavy atom. The van der Waals surface area contributed by atoms with Crippen molar-refractivity contribution in [2.45, 2.75) is 0 Å². The van der Waals surface area contributed by atoms with Crippen LogP contribution in [0.1, 0.15) is 0 Å². The molecule has 6 heteroatoms. The van der Waals surface area contributed by atoms with Gasteiger partial charge in [0.2, 0.25) is 5.89 Å². The Balaban J connectivity index is 1.13. The van der Waals surface area contributed by atoms with E-state index in [2.05, 4.69) is 190 Å². The van der Waals surface area contributed by atoms with Crippen LogP contribution < -0.4 is 9.80 Å². The molecule has 0 aliphatic rings. The highest BCUT2D eigenvalue weighted by molar-refractivity contribution is 6.11. The maximum absolute atomic E-state index is 6.88. The van der Waals surface area contributed by atoms with Crippen molar-refractivity contribution in [3.63, 3.8) is 0 Å². The lowest BCUT2D eigenvalue weighted by atomic mass is 10.1. The third-order valence-electron chi connectivity index (χ3n) is 11.6. The van der Waals surface area contributed by atoms with Gasteiger partial charge in [0.1, 0.15) is 16.7 Å². The molecular formula is C55H36N4O2. The quantitative estimate of drug-likeness (QED) is 0.154. The van der Waals surface area contributed by atoms with Gasteiger partial charge in [0, 0.05) is 55.5 Å². The number of oxazole rings is 1. The Labute approximate surface area is 351 Å². The monoisotopic (exact) mass is 784 g/mol. The molecule has 0 amide bonds. The molecule has 0 saturated carbocycles. The van der Waals surface area contributed by atoms with E-state index < -0.39 is 0 Å². The first-order chi connectivity index (χ1) is 30.2. The summed E-state index contributed by atoms with van der Waals surface area (Å²) in [5.74, 6) is 0.556. The van der Waals surface area contributed by atoms with Gasteiger partial charge in [0.05, 0.1) is 22.4 Å². The van der Waals surface area contributed by atoms with Gasteiger partial charge in [-0.25, -0.2) is 4.98 Å². The van der Waals surface area contributed by atoms with Gasteiger partial charge >= 0.3 is 0 Å². The van der Waals surface area contributed by atoms with Gasteiger partial charge in [-0.1, -0.05) is 109 Å². The van der Waals surface area contributed by atoms with Crippen LogP contribution in [-0.4, -0.2) is 9.55 Å². The molecule has 12 rings (SSSR count). The number of nitrogens with zero attached hydrogens (tertiary/aromatic N) is 4. The zero-order chi connectivity index (χ0) is 40.3. The Kier molecular flexibility index (Phi) is 8.06. The van der Waals surface area contributed by atoms with Crippen molar-refractivity contribution in [2.75, 3.05) is 9.80 Å². The van der Waals surface area contributed by atoms with Crippen LogP contribution in [0.5, 0.6) is 0 Å². The maximum Gasteiger partial charge on any atom is 0.227 e. The van der Waals surface area contributed by atoms with Gasteiger partial charge in [0.25, 0.3) is 0 Å². The van der Waals surface area contributed by atoms with Crippen molar-refractivity contribution >= 4 is 89.0 Å². The highest BCUT2D eigenvalue weighted by atomic mass is 16.3. The predicted octanol–water partition coefficient (Wildman–Crippen LogP) is 15.4. The molecule has 0 saturated heterocycles. The summed E-state index contributed by atoms with van der Waals surface area (Å²) in [5.41, 5.74) is 13.2. The van der Waals surface area contributed by atoms with Gasteiger partial charge in [-0.3, -0.25) is 0 Å². The zero-order valence-corrected chi connectivity index (χ0v) is 32.9. The summed E-state index contributed by atoms with van der Waals surface area (Å²) in [6.07, 6.45) is 0. The van der Waals surface area contributed by atoms with Crippen molar-refractivity contribution < 1.29 is 8.83 Å². The van der Waals surface area contributed by atoms with Crippen molar-refractivity contribution in [3.05, 3.63) is 218 Å². The molecule has 0 spiro atoms. The summed E-state index contributed by atoms with van der Waals surface area (Å²) in [4.78, 5) is 9.81. The molecule has 3 heterocycles. The summed E-state index contributed by atoms with van der Waals surface area (Å²) in [6.45, 7) is 0. The van der Waals surface area contributed by atoms with Gasteiger partial charge in [0.15, 0.2) is 5.58 Å². The number of para-hydroxylation sites is 5. The fourth-order valence-electron chi connectivity index (χ4n) is 8.84. The van der Waals surface area contributed by atoms with Crippen molar-refractivity contribution in [3.8, 4) is 17.1 Å². The second-order valence-corrected chi connectivity index (χ2v) is 15.2. The summed E-state index contributed by atoms with van der Waals surface area (Å²) in [6, 6.07) is 76.1. The minimum absolute atomic E-state index is 0.556. The maximum atomic E-state index is 6.88. The molecule has 9 aromatic carbocycles. The summed E-state index contributed by atoms with van der Waals surface area (Å²) >= 11 is 0. The van der Waals surface area contributed by atoms with Crippen LogP contribution in [0.2, 0.25) is 0 Å². The molecule has 288 valence electrons. The SMILES string of the molecule is c1ccc(-c2nc3cc(N(c4ccccc4)c4ccc5oc6ccccc6c5c4)cc(N(c4ccccc4)c4ccc5c(c4)c4ccccc4n5-c4ccccc4)c3o2)cc1. The van der Waals surface area contributed by atoms with Crippen LogP contribution in [-0.2, 0) is 0 Å². The average molecular weight is 785 g/mol. The van der Waals surface area contributed by atoms with Crippen LogP contribution in [0.15, 0.2) is 227 Å². The van der Waals surface area contributed by atoms with E-state index in [9.17, 15) is 0 Å². The topological polar surface area (TPSA) is 50.6 Å². The summed E-state index contributed by atoms with van der Waals surface area (Å²) < 4.78 is 15.5. The van der Waals surface area contributed by atoms with E-state index >= 15 is 0 Å². The Hall–Kier alpha value is -8.35. The lowest BCUT2D eigenvalue weighted by Crippen LogP contribution is -2.13. The van der Waals surface area contributed by atoms with Gasteiger partial charge in [-0.15, -0.1) is 0 Å². The molecule has 0 unspecified atom stereocenters. The third-order valence-corrected chi connectivity index (χ3v) is 11.6. The number of aromatic nitrogens is 2. The smallest absolute Gasteiger partial charge is 0.227 e. The molecule has 12 aromatic rings. The predicted molar refractivity (Wildman–Crippen MR) is 250 cm³/mol. The normalized spacial score (nSPS) is 11.6. The van der Waals surface area contributed by atoms with Crippen LogP contribution in [0, 0.1) is 0 Å². The number of anilines is 6. The Bertz CT molecular complexity index is 3540. The van der Waals surface area contributed by atoms with E-state index in [1.165, 1.54) is 5.39 Å². The molecule has 0 aliphatic carbocycles. The van der Waals surface area contributed by atoms with Crippen molar-refractivity contribution in [2.24, 2.45) is 0 Å². The highest BCUT2D eigenvalue weighted by Gasteiger charge is 2.25. The number of benzene rings is 9. The number of hydrogen-bond acceptors (Lipinski definition) is 5. The standard InChI is InChI=1S/C55H36N4O2/c1-5-17-37(18-6-1)55-56-48-35-43(57(38-19-7-2-8-20-38)41-30-32-53-47(34-41)45-26-14-16-28-52(45)60-53)36-51(54(48)61-55)58(39-21-9-3-10-22-39)42-29-31-50-46(33-42)44-25-13-15-27-49(44)59(50)40-23-11-4-12-24-40/h1-36H. The number of hydrogen-bond donors (Lipinski definition) is 0. The van der Waals surface area contributed by atoms with E-state index in [4.69, 9.17) is 13.8 Å². The lowest BCUT2D eigenvalue weighted by molar-refractivity contribution is 0.620. The van der Waals surface area contributed by atoms with E-state index in [-0.39, 0.29) is 0 Å². The number of furan rings is 1. The van der Waals surface area contributed by atoms with Crippen LogP contribution in [0.4, 0.5) is 34.1 Å². The second kappa shape index (κ2) is 14.2. The largest absolute Gasteiger partial charge is 0.456 e. The third kappa shape index (κ3) is 5.84. The van der Waals surface area contributed by atoms with Crippen LogP contribution in [0.25, 0.3) is 72.0 Å². The lowest BCUT2D eigenvalue weighted by Gasteiger charge is -2.29. The molecule has 3 aromatic heterocycles. The average Bonchev–Trinajstić information content (AvgIpc) is 4.03. The fourth-order valence-corrected chi connectivity index (χ4v) is 8.84. The molecule has 6 nitrogen and oxygen atoms in total. The van der Waals surface area contributed by atoms with Crippen molar-refractivity contribution in [1.29, 1.82) is 0 Å². The minimum Gasteiger partial charge on any atom is -0.456 e. The molecule has 0 radical (unpaired) electrons. The first kappa shape index (κ1) is 34.7. The van der Waals surface area contributed by atoms with Crippen molar-refractivity contribution in [1.82, 2.24) is 9.55 Å². The van der Waals surface area contributed by atoms with Crippen LogP contribution >= 0.6 is 0 Å². The van der Waals surface area contributed by atoms with E-state index in [1.807, 2.05) is 42.5 Å². The first-order valence-electron chi connectivity index (χ1n) is 20.5. The van der Waals surface area contributed by atoms with Gasteiger partial charge in [-0.2, -0.15) is 0 Å². The van der Waals surface area contributed by atoms with Gasteiger partial charge in [-0.05, 0) is 109 Å². The molecule has 0 bridgehead atoms. The first-order valence-corrected chi connectivity index (χ1v) is 20.5. The molecule has 0 N–H and O–H groups in total. The zero-order valence-electron chi connectivity index (χ0n) is 32.9. The molecule has 0 fully saturated rings. The second-order valence-electron chi connectivity index (χ2n) is 15.2. The Morgan fingerprint density at radius 2 is 0.951 bits per heavy atom. The summed E-state index contributed by atoms with van der Waals surface area (Å²) in [5, 5.41) is 4.46. The Morgan fingerprint density at radius 3 is 1.72 bits per heavy atom. The van der Waals surface area contributed by atoms with E-state index in [1.54, 1.807) is 0 Å². The van der Waals surface area contributed by atoms with E-state index in [0.717, 1.165) is 89.2 Å². The number of rotatable bonds is 8. The van der Waals surface area contributed by atoms with E-state index in [0.29, 0.717) is 11.5 Å².